The number of nitrogens with zero attached hydrogens (tertiary/aromatic N) is 3. The molecule has 0 bridgehead atoms. The van der Waals surface area contributed by atoms with Gasteiger partial charge < -0.3 is 9.80 Å². The standard InChI is InChI=1S/C26H38ClN3O4S/c1-6-8-9-10-11-19-35(33,34)30(7-2)25(28(5)21-31)20-29(22(3)4)26(32)14-12-13-23-15-17-24(27)18-16-23/h6,8-11,15-18,21-22,25H,1,7,12-14,19-20H2,2-5H3/b9-8-,11-10-. The molecule has 0 spiro atoms. The van der Waals surface area contributed by atoms with Gasteiger partial charge in [-0.3, -0.25) is 9.59 Å². The summed E-state index contributed by atoms with van der Waals surface area (Å²) < 4.78 is 27.5. The predicted molar refractivity (Wildman–Crippen MR) is 143 cm³/mol. The molecule has 2 amide bonds. The highest BCUT2D eigenvalue weighted by Crippen LogP contribution is 2.17. The molecule has 7 nitrogen and oxygen atoms in total. The number of carbonyl (C=O) groups is 2. The van der Waals surface area contributed by atoms with Crippen molar-refractivity contribution in [2.45, 2.75) is 52.2 Å². The highest BCUT2D eigenvalue weighted by molar-refractivity contribution is 7.89. The van der Waals surface area contributed by atoms with Crippen molar-refractivity contribution in [3.63, 3.8) is 0 Å². The van der Waals surface area contributed by atoms with E-state index in [0.717, 1.165) is 12.0 Å². The number of benzene rings is 1. The number of carbonyl (C=O) groups excluding carboxylic acids is 2. The second kappa shape index (κ2) is 15.5. The maximum atomic E-state index is 13.1. The minimum atomic E-state index is -3.73. The number of allylic oxidation sites excluding steroid dienone is 4. The van der Waals surface area contributed by atoms with Crippen LogP contribution in [0.1, 0.15) is 39.2 Å². The molecule has 1 unspecified atom stereocenters. The van der Waals surface area contributed by atoms with Crippen molar-refractivity contribution in [3.8, 4) is 0 Å². The molecule has 35 heavy (non-hydrogen) atoms. The Labute approximate surface area is 215 Å². The van der Waals surface area contributed by atoms with E-state index < -0.39 is 16.2 Å². The first-order valence-corrected chi connectivity index (χ1v) is 13.7. The second-order valence-corrected chi connectivity index (χ2v) is 10.8. The summed E-state index contributed by atoms with van der Waals surface area (Å²) in [7, 11) is -2.20. The van der Waals surface area contributed by atoms with Crippen LogP contribution in [-0.4, -0.2) is 72.9 Å². The van der Waals surface area contributed by atoms with E-state index in [0.29, 0.717) is 24.3 Å². The fourth-order valence-corrected chi connectivity index (χ4v) is 5.25. The Morgan fingerprint density at radius 3 is 2.34 bits per heavy atom. The topological polar surface area (TPSA) is 78.0 Å². The van der Waals surface area contributed by atoms with Crippen molar-refractivity contribution in [2.75, 3.05) is 25.9 Å². The smallest absolute Gasteiger partial charge is 0.222 e. The van der Waals surface area contributed by atoms with Crippen molar-refractivity contribution in [1.29, 1.82) is 0 Å². The van der Waals surface area contributed by atoms with E-state index >= 15 is 0 Å². The fourth-order valence-electron chi connectivity index (χ4n) is 3.60. The lowest BCUT2D eigenvalue weighted by atomic mass is 10.1. The summed E-state index contributed by atoms with van der Waals surface area (Å²) in [4.78, 5) is 27.7. The summed E-state index contributed by atoms with van der Waals surface area (Å²) in [6.07, 6.45) is 9.63. The van der Waals surface area contributed by atoms with Gasteiger partial charge in [0.1, 0.15) is 6.17 Å². The summed E-state index contributed by atoms with van der Waals surface area (Å²) in [6, 6.07) is 7.36. The normalized spacial score (nSPS) is 13.0. The maximum Gasteiger partial charge on any atom is 0.222 e. The van der Waals surface area contributed by atoms with Gasteiger partial charge in [0.05, 0.1) is 12.3 Å². The molecule has 0 fully saturated rings. The molecule has 1 rings (SSSR count). The van der Waals surface area contributed by atoms with E-state index in [9.17, 15) is 18.0 Å². The maximum absolute atomic E-state index is 13.1. The van der Waals surface area contributed by atoms with Crippen LogP contribution in [0.2, 0.25) is 5.02 Å². The molecule has 0 heterocycles. The Balaban J connectivity index is 2.99. The van der Waals surface area contributed by atoms with Crippen LogP contribution in [0, 0.1) is 0 Å². The van der Waals surface area contributed by atoms with Gasteiger partial charge in [-0.25, -0.2) is 8.42 Å². The zero-order chi connectivity index (χ0) is 26.4. The number of rotatable bonds is 16. The summed E-state index contributed by atoms with van der Waals surface area (Å²) in [5, 5.41) is 0.667. The third kappa shape index (κ3) is 10.4. The summed E-state index contributed by atoms with van der Waals surface area (Å²) in [5.41, 5.74) is 1.09. The number of halogens is 1. The van der Waals surface area contributed by atoms with E-state index in [-0.39, 0.29) is 30.8 Å². The predicted octanol–water partition coefficient (Wildman–Crippen LogP) is 4.26. The molecule has 0 aliphatic carbocycles. The first kappa shape index (κ1) is 30.6. The van der Waals surface area contributed by atoms with Gasteiger partial charge in [-0.05, 0) is 44.4 Å². The van der Waals surface area contributed by atoms with E-state index in [1.54, 1.807) is 36.1 Å². The van der Waals surface area contributed by atoms with Crippen LogP contribution >= 0.6 is 11.6 Å². The average Bonchev–Trinajstić information content (AvgIpc) is 2.81. The molecular weight excluding hydrogens is 486 g/mol. The lowest BCUT2D eigenvalue weighted by molar-refractivity contribution is -0.136. The molecule has 0 aromatic heterocycles. The van der Waals surface area contributed by atoms with Crippen molar-refractivity contribution in [2.24, 2.45) is 0 Å². The molecule has 9 heteroatoms. The van der Waals surface area contributed by atoms with Crippen LogP contribution in [0.3, 0.4) is 0 Å². The lowest BCUT2D eigenvalue weighted by Crippen LogP contribution is -2.56. The number of amides is 2. The number of likely N-dealkylation sites (N-methyl/N-ethyl adjacent to an activating group) is 2. The van der Waals surface area contributed by atoms with Crippen molar-refractivity contribution in [3.05, 3.63) is 71.8 Å². The Morgan fingerprint density at radius 1 is 1.14 bits per heavy atom. The van der Waals surface area contributed by atoms with Crippen molar-refractivity contribution < 1.29 is 18.0 Å². The van der Waals surface area contributed by atoms with Gasteiger partial charge in [0.15, 0.2) is 0 Å². The van der Waals surface area contributed by atoms with Crippen molar-refractivity contribution in [1.82, 2.24) is 14.1 Å². The van der Waals surface area contributed by atoms with Crippen LogP contribution in [0.15, 0.2) is 61.2 Å². The third-order valence-electron chi connectivity index (χ3n) is 5.51. The quantitative estimate of drug-likeness (QED) is 0.184. The third-order valence-corrected chi connectivity index (χ3v) is 7.59. The number of aryl methyl sites for hydroxylation is 1. The molecule has 0 saturated carbocycles. The van der Waals surface area contributed by atoms with Crippen LogP contribution in [0.5, 0.6) is 0 Å². The average molecular weight is 524 g/mol. The second-order valence-electron chi connectivity index (χ2n) is 8.40. The van der Waals surface area contributed by atoms with Gasteiger partial charge in [0, 0.05) is 31.1 Å². The SMILES string of the molecule is C=C/C=C\C=C/CS(=O)(=O)N(CC)C(CN(C(=O)CCCc1ccc(Cl)cc1)C(C)C)N(C)C=O. The summed E-state index contributed by atoms with van der Waals surface area (Å²) in [5.74, 6) is -0.302. The van der Waals surface area contributed by atoms with Crippen LogP contribution in [0.4, 0.5) is 0 Å². The molecule has 1 aromatic carbocycles. The van der Waals surface area contributed by atoms with E-state index in [1.165, 1.54) is 22.3 Å². The molecule has 1 aromatic rings. The molecule has 0 N–H and O–H groups in total. The zero-order valence-corrected chi connectivity index (χ0v) is 22.7. The fraction of sp³-hybridized carbons (Fsp3) is 0.462. The zero-order valence-electron chi connectivity index (χ0n) is 21.1. The largest absolute Gasteiger partial charge is 0.337 e. The number of hydrogen-bond donors (Lipinski definition) is 0. The van der Waals surface area contributed by atoms with Gasteiger partial charge in [-0.2, -0.15) is 4.31 Å². The van der Waals surface area contributed by atoms with Gasteiger partial charge in [0.25, 0.3) is 0 Å². The Kier molecular flexibility index (Phi) is 13.6. The van der Waals surface area contributed by atoms with Gasteiger partial charge >= 0.3 is 0 Å². The molecule has 194 valence electrons. The Hall–Kier alpha value is -2.42. The Bertz CT molecular complexity index is 975. The molecule has 0 aliphatic heterocycles. The molecule has 0 saturated heterocycles. The number of sulfonamides is 1. The first-order chi connectivity index (χ1) is 16.6. The van der Waals surface area contributed by atoms with Crippen LogP contribution in [-0.2, 0) is 26.0 Å². The molecule has 1 atom stereocenters. The first-order valence-electron chi connectivity index (χ1n) is 11.7. The minimum Gasteiger partial charge on any atom is -0.337 e. The van der Waals surface area contributed by atoms with Gasteiger partial charge in [-0.1, -0.05) is 67.6 Å². The van der Waals surface area contributed by atoms with E-state index in [4.69, 9.17) is 11.6 Å². The number of hydrogen-bond acceptors (Lipinski definition) is 4. The molecule has 0 radical (unpaired) electrons. The van der Waals surface area contributed by atoms with Crippen LogP contribution in [0.25, 0.3) is 0 Å². The Morgan fingerprint density at radius 2 is 1.80 bits per heavy atom. The monoisotopic (exact) mass is 523 g/mol. The van der Waals surface area contributed by atoms with E-state index in [1.807, 2.05) is 38.1 Å². The van der Waals surface area contributed by atoms with Crippen LogP contribution < -0.4 is 0 Å². The van der Waals surface area contributed by atoms with E-state index in [2.05, 4.69) is 6.58 Å². The van der Waals surface area contributed by atoms with Gasteiger partial charge in [0.2, 0.25) is 22.3 Å². The molecular formula is C26H38ClN3O4S. The minimum absolute atomic E-state index is 0.0822. The van der Waals surface area contributed by atoms with Gasteiger partial charge in [-0.15, -0.1) is 0 Å². The highest BCUT2D eigenvalue weighted by atomic mass is 35.5. The highest BCUT2D eigenvalue weighted by Gasteiger charge is 2.33. The summed E-state index contributed by atoms with van der Waals surface area (Å²) >= 11 is 5.93. The van der Waals surface area contributed by atoms with Crippen molar-refractivity contribution >= 4 is 33.9 Å². The lowest BCUT2D eigenvalue weighted by Gasteiger charge is -2.39. The molecule has 0 aliphatic rings. The summed E-state index contributed by atoms with van der Waals surface area (Å²) in [6.45, 7) is 9.31.